The first-order chi connectivity index (χ1) is 8.31. The monoisotopic (exact) mass is 226 g/mol. The van der Waals surface area contributed by atoms with E-state index in [0.717, 1.165) is 18.3 Å². The number of rotatable bonds is 4. The molecule has 0 unspecified atom stereocenters. The van der Waals surface area contributed by atoms with E-state index in [1.54, 1.807) is 0 Å². The molecular formula is C15H14O2. The third-order valence-electron chi connectivity index (χ3n) is 2.73. The maximum Gasteiger partial charge on any atom is 0.150 e. The van der Waals surface area contributed by atoms with Gasteiger partial charge in [0.05, 0.1) is 6.61 Å². The van der Waals surface area contributed by atoms with Gasteiger partial charge in [-0.15, -0.1) is 0 Å². The average Bonchev–Trinajstić information content (AvgIpc) is 2.40. The van der Waals surface area contributed by atoms with Crippen LogP contribution < -0.4 is 0 Å². The Balaban J connectivity index is 2.10. The summed E-state index contributed by atoms with van der Waals surface area (Å²) in [4.78, 5) is 10.5. The van der Waals surface area contributed by atoms with Crippen molar-refractivity contribution in [3.05, 3.63) is 70.8 Å². The molecule has 2 heteroatoms. The van der Waals surface area contributed by atoms with Gasteiger partial charge < -0.3 is 5.11 Å². The molecule has 17 heavy (non-hydrogen) atoms. The highest BCUT2D eigenvalue weighted by Gasteiger charge is 1.97. The Kier molecular flexibility index (Phi) is 3.68. The Morgan fingerprint density at radius 1 is 0.824 bits per heavy atom. The molecule has 0 saturated heterocycles. The first kappa shape index (κ1) is 11.6. The summed E-state index contributed by atoms with van der Waals surface area (Å²) in [7, 11) is 0. The fourth-order valence-electron chi connectivity index (χ4n) is 1.71. The molecule has 2 nitrogen and oxygen atoms in total. The van der Waals surface area contributed by atoms with Crippen molar-refractivity contribution in [1.82, 2.24) is 0 Å². The van der Waals surface area contributed by atoms with Gasteiger partial charge in [0.1, 0.15) is 6.29 Å². The summed E-state index contributed by atoms with van der Waals surface area (Å²) in [5, 5.41) is 8.94. The van der Waals surface area contributed by atoms with Gasteiger partial charge in [-0.25, -0.2) is 0 Å². The summed E-state index contributed by atoms with van der Waals surface area (Å²) in [6, 6.07) is 15.4. The van der Waals surface area contributed by atoms with Crippen LogP contribution in [-0.2, 0) is 13.0 Å². The normalized spacial score (nSPS) is 10.2. The molecule has 0 fully saturated rings. The van der Waals surface area contributed by atoms with E-state index in [4.69, 9.17) is 5.11 Å². The second-order valence-corrected chi connectivity index (χ2v) is 4.01. The van der Waals surface area contributed by atoms with Crippen molar-refractivity contribution in [3.8, 4) is 0 Å². The molecule has 0 aromatic heterocycles. The van der Waals surface area contributed by atoms with Gasteiger partial charge in [-0.3, -0.25) is 4.79 Å². The highest BCUT2D eigenvalue weighted by atomic mass is 16.3. The van der Waals surface area contributed by atoms with E-state index < -0.39 is 0 Å². The van der Waals surface area contributed by atoms with E-state index in [9.17, 15) is 4.79 Å². The summed E-state index contributed by atoms with van der Waals surface area (Å²) in [5.41, 5.74) is 3.99. The third-order valence-corrected chi connectivity index (χ3v) is 2.73. The van der Waals surface area contributed by atoms with Crippen LogP contribution in [0.25, 0.3) is 0 Å². The zero-order valence-electron chi connectivity index (χ0n) is 9.47. The van der Waals surface area contributed by atoms with E-state index in [1.807, 2.05) is 48.5 Å². The predicted octanol–water partition coefficient (Wildman–Crippen LogP) is 2.58. The van der Waals surface area contributed by atoms with Crippen molar-refractivity contribution in [2.45, 2.75) is 13.0 Å². The van der Waals surface area contributed by atoms with Crippen molar-refractivity contribution < 1.29 is 9.90 Å². The number of carbonyl (C=O) groups is 1. The van der Waals surface area contributed by atoms with Gasteiger partial charge in [0, 0.05) is 5.56 Å². The van der Waals surface area contributed by atoms with Gasteiger partial charge in [0.15, 0.2) is 0 Å². The van der Waals surface area contributed by atoms with Crippen LogP contribution in [0.2, 0.25) is 0 Å². The van der Waals surface area contributed by atoms with Crippen molar-refractivity contribution >= 4 is 6.29 Å². The van der Waals surface area contributed by atoms with Crippen LogP contribution in [0.1, 0.15) is 27.0 Å². The highest BCUT2D eigenvalue weighted by molar-refractivity contribution is 5.74. The number of hydrogen-bond acceptors (Lipinski definition) is 2. The molecule has 0 aliphatic heterocycles. The summed E-state index contributed by atoms with van der Waals surface area (Å²) in [6.07, 6.45) is 1.69. The van der Waals surface area contributed by atoms with Crippen LogP contribution in [0, 0.1) is 0 Å². The minimum atomic E-state index is 0.0777. The van der Waals surface area contributed by atoms with Crippen molar-refractivity contribution in [2.75, 3.05) is 0 Å². The third kappa shape index (κ3) is 3.02. The molecule has 0 radical (unpaired) electrons. The van der Waals surface area contributed by atoms with Gasteiger partial charge in [0.2, 0.25) is 0 Å². The molecule has 0 heterocycles. The molecule has 0 bridgehead atoms. The second-order valence-electron chi connectivity index (χ2n) is 4.01. The largest absolute Gasteiger partial charge is 0.392 e. The Hall–Kier alpha value is -1.93. The Labute approximate surface area is 101 Å². The second kappa shape index (κ2) is 5.41. The SMILES string of the molecule is O=Cc1ccc(Cc2ccc(CO)cc2)cc1. The lowest BCUT2D eigenvalue weighted by Crippen LogP contribution is -1.90. The van der Waals surface area contributed by atoms with Gasteiger partial charge in [-0.2, -0.15) is 0 Å². The van der Waals surface area contributed by atoms with Crippen LogP contribution in [-0.4, -0.2) is 11.4 Å². The topological polar surface area (TPSA) is 37.3 Å². The molecule has 0 aliphatic rings. The standard InChI is InChI=1S/C15H14O2/c16-10-14-5-1-12(2-6-14)9-13-3-7-15(11-17)8-4-13/h1-8,10,17H,9,11H2. The Morgan fingerprint density at radius 2 is 1.29 bits per heavy atom. The zero-order valence-corrected chi connectivity index (χ0v) is 9.47. The van der Waals surface area contributed by atoms with Gasteiger partial charge >= 0.3 is 0 Å². The number of benzene rings is 2. The number of carbonyl (C=O) groups excluding carboxylic acids is 1. The summed E-state index contributed by atoms with van der Waals surface area (Å²) < 4.78 is 0. The van der Waals surface area contributed by atoms with E-state index in [-0.39, 0.29) is 6.61 Å². The van der Waals surface area contributed by atoms with E-state index in [0.29, 0.717) is 5.56 Å². The maximum atomic E-state index is 10.5. The highest BCUT2D eigenvalue weighted by Crippen LogP contribution is 2.11. The van der Waals surface area contributed by atoms with Crippen LogP contribution in [0.5, 0.6) is 0 Å². The van der Waals surface area contributed by atoms with Gasteiger partial charge in [-0.05, 0) is 23.1 Å². The molecule has 1 N–H and O–H groups in total. The number of aldehydes is 1. The fraction of sp³-hybridized carbons (Fsp3) is 0.133. The van der Waals surface area contributed by atoms with Gasteiger partial charge in [-0.1, -0.05) is 48.5 Å². The zero-order chi connectivity index (χ0) is 12.1. The quantitative estimate of drug-likeness (QED) is 0.813. The lowest BCUT2D eigenvalue weighted by Gasteiger charge is -2.03. The van der Waals surface area contributed by atoms with E-state index in [1.165, 1.54) is 11.1 Å². The molecule has 2 rings (SSSR count). The van der Waals surface area contributed by atoms with Crippen molar-refractivity contribution in [1.29, 1.82) is 0 Å². The lowest BCUT2D eigenvalue weighted by molar-refractivity contribution is 0.112. The lowest BCUT2D eigenvalue weighted by atomic mass is 10.0. The molecule has 0 atom stereocenters. The van der Waals surface area contributed by atoms with Gasteiger partial charge in [0.25, 0.3) is 0 Å². The number of aliphatic hydroxyl groups excluding tert-OH is 1. The Morgan fingerprint density at radius 3 is 1.76 bits per heavy atom. The fourth-order valence-corrected chi connectivity index (χ4v) is 1.71. The van der Waals surface area contributed by atoms with Crippen LogP contribution in [0.4, 0.5) is 0 Å². The molecule has 0 amide bonds. The number of aliphatic hydroxyl groups is 1. The molecule has 2 aromatic rings. The minimum absolute atomic E-state index is 0.0777. The predicted molar refractivity (Wildman–Crippen MR) is 67.0 cm³/mol. The summed E-state index contributed by atoms with van der Waals surface area (Å²) >= 11 is 0. The first-order valence-electron chi connectivity index (χ1n) is 5.54. The molecule has 2 aromatic carbocycles. The summed E-state index contributed by atoms with van der Waals surface area (Å²) in [5.74, 6) is 0. The average molecular weight is 226 g/mol. The van der Waals surface area contributed by atoms with Crippen LogP contribution in [0.3, 0.4) is 0 Å². The Bertz CT molecular complexity index is 483. The molecular weight excluding hydrogens is 212 g/mol. The first-order valence-corrected chi connectivity index (χ1v) is 5.54. The summed E-state index contributed by atoms with van der Waals surface area (Å²) in [6.45, 7) is 0.0777. The molecule has 0 saturated carbocycles. The van der Waals surface area contributed by atoms with E-state index in [2.05, 4.69) is 0 Å². The van der Waals surface area contributed by atoms with Crippen molar-refractivity contribution in [2.24, 2.45) is 0 Å². The molecule has 0 spiro atoms. The number of hydrogen-bond donors (Lipinski definition) is 1. The smallest absolute Gasteiger partial charge is 0.150 e. The van der Waals surface area contributed by atoms with Crippen molar-refractivity contribution in [3.63, 3.8) is 0 Å². The van der Waals surface area contributed by atoms with Crippen LogP contribution >= 0.6 is 0 Å². The maximum absolute atomic E-state index is 10.5. The van der Waals surface area contributed by atoms with Crippen LogP contribution in [0.15, 0.2) is 48.5 Å². The molecule has 0 aliphatic carbocycles. The molecule has 86 valence electrons. The van der Waals surface area contributed by atoms with E-state index >= 15 is 0 Å². The minimum Gasteiger partial charge on any atom is -0.392 e.